The number of carbonyl (C=O) groups is 1. The number of alkyl halides is 6. The zero-order valence-corrected chi connectivity index (χ0v) is 11.1. The fraction of sp³-hybridized carbons (Fsp3) is 0.364. The Labute approximate surface area is 118 Å². The molecule has 1 rings (SSSR count). The van der Waals surface area contributed by atoms with E-state index in [0.717, 1.165) is 12.1 Å². The van der Waals surface area contributed by atoms with Gasteiger partial charge in [0.1, 0.15) is 5.82 Å². The third-order valence-corrected chi connectivity index (χ3v) is 3.38. The van der Waals surface area contributed by atoms with Crippen molar-refractivity contribution in [2.75, 3.05) is 11.1 Å². The van der Waals surface area contributed by atoms with E-state index in [9.17, 15) is 35.5 Å². The van der Waals surface area contributed by atoms with E-state index in [1.54, 1.807) is 0 Å². The first-order valence-electron chi connectivity index (χ1n) is 5.28. The molecule has 2 nitrogen and oxygen atoms in total. The molecule has 0 unspecified atom stereocenters. The predicted molar refractivity (Wildman–Crippen MR) is 62.6 cm³/mol. The van der Waals surface area contributed by atoms with E-state index in [1.807, 2.05) is 0 Å². The molecule has 0 saturated heterocycles. The molecule has 0 spiro atoms. The predicted octanol–water partition coefficient (Wildman–Crippen LogP) is 4.29. The van der Waals surface area contributed by atoms with Gasteiger partial charge in [0.25, 0.3) is 0 Å². The van der Waals surface area contributed by atoms with Gasteiger partial charge in [0.05, 0.1) is 11.4 Å². The Bertz CT molecular complexity index is 539. The first-order valence-corrected chi connectivity index (χ1v) is 6.26. The number of aryl methyl sites for hydroxylation is 1. The molecule has 0 radical (unpaired) electrons. The Hall–Kier alpha value is -1.45. The fourth-order valence-electron chi connectivity index (χ4n) is 1.26. The summed E-state index contributed by atoms with van der Waals surface area (Å²) in [6.07, 6.45) is -9.71. The van der Waals surface area contributed by atoms with Gasteiger partial charge in [-0.2, -0.15) is 26.3 Å². The van der Waals surface area contributed by atoms with Crippen LogP contribution < -0.4 is 5.32 Å². The molecule has 0 aliphatic carbocycles. The molecular formula is C11H8F7NOS. The molecule has 10 heteroatoms. The minimum atomic E-state index is -5.23. The highest BCUT2D eigenvalue weighted by molar-refractivity contribution is 7.99. The number of carbonyl (C=O) groups excluding carboxylic acids is 1. The maximum absolute atomic E-state index is 13.4. The van der Waals surface area contributed by atoms with Crippen LogP contribution in [0.15, 0.2) is 17.0 Å². The third-order valence-electron chi connectivity index (χ3n) is 2.16. The van der Waals surface area contributed by atoms with Gasteiger partial charge in [-0.05, 0) is 24.6 Å². The van der Waals surface area contributed by atoms with E-state index >= 15 is 0 Å². The molecule has 0 fully saturated rings. The van der Waals surface area contributed by atoms with E-state index in [-0.39, 0.29) is 22.2 Å². The van der Waals surface area contributed by atoms with Crippen molar-refractivity contribution in [3.8, 4) is 0 Å². The number of nitrogens with one attached hydrogen (secondary N) is 1. The quantitative estimate of drug-likeness (QED) is 0.659. The van der Waals surface area contributed by atoms with Crippen molar-refractivity contribution in [3.05, 3.63) is 23.5 Å². The lowest BCUT2D eigenvalue weighted by atomic mass is 10.2. The largest absolute Gasteiger partial charge is 0.471 e. The summed E-state index contributed by atoms with van der Waals surface area (Å²) in [7, 11) is 0. The average Bonchev–Trinajstić information content (AvgIpc) is 2.28. The normalized spacial score (nSPS) is 12.4. The van der Waals surface area contributed by atoms with E-state index in [1.165, 1.54) is 12.2 Å². The lowest BCUT2D eigenvalue weighted by Crippen LogP contribution is -2.30. The summed E-state index contributed by atoms with van der Waals surface area (Å²) >= 11 is 0.287. The first-order chi connectivity index (χ1) is 9.40. The highest BCUT2D eigenvalue weighted by Gasteiger charge is 2.39. The van der Waals surface area contributed by atoms with Crippen LogP contribution in [0.5, 0.6) is 0 Å². The highest BCUT2D eigenvalue weighted by Crippen LogP contribution is 2.33. The van der Waals surface area contributed by atoms with E-state index in [2.05, 4.69) is 0 Å². The molecule has 0 aliphatic rings. The molecule has 1 aromatic carbocycles. The van der Waals surface area contributed by atoms with Crippen molar-refractivity contribution in [1.82, 2.24) is 0 Å². The van der Waals surface area contributed by atoms with Gasteiger partial charge in [0, 0.05) is 4.90 Å². The first kappa shape index (κ1) is 17.6. The van der Waals surface area contributed by atoms with Gasteiger partial charge in [-0.25, -0.2) is 4.39 Å². The molecular weight excluding hydrogens is 327 g/mol. The molecule has 118 valence electrons. The second-order valence-electron chi connectivity index (χ2n) is 3.95. The number of hydrogen-bond acceptors (Lipinski definition) is 2. The van der Waals surface area contributed by atoms with E-state index in [4.69, 9.17) is 0 Å². The molecule has 0 saturated carbocycles. The van der Waals surface area contributed by atoms with Crippen LogP contribution in [0, 0.1) is 12.7 Å². The Morgan fingerprint density at radius 2 is 1.76 bits per heavy atom. The maximum atomic E-state index is 13.4. The summed E-state index contributed by atoms with van der Waals surface area (Å²) in [6, 6.07) is 1.50. The second-order valence-corrected chi connectivity index (χ2v) is 4.97. The number of thioether (sulfide) groups is 1. The fourth-order valence-corrected chi connectivity index (χ4v) is 2.06. The molecule has 21 heavy (non-hydrogen) atoms. The van der Waals surface area contributed by atoms with Crippen molar-refractivity contribution in [1.29, 1.82) is 0 Å². The molecule has 0 bridgehead atoms. The summed E-state index contributed by atoms with van der Waals surface area (Å²) in [6.45, 7) is 1.30. The number of amides is 1. The summed E-state index contributed by atoms with van der Waals surface area (Å²) in [5.74, 6) is -4.86. The van der Waals surface area contributed by atoms with Gasteiger partial charge in [-0.1, -0.05) is 0 Å². The standard InChI is InChI=1S/C11H8F7NOS/c1-5-2-6(12)7(19-9(20)11(16,17)18)3-8(5)21-4-10(13,14)15/h2-3H,4H2,1H3,(H,19,20). The number of benzene rings is 1. The van der Waals surface area contributed by atoms with Gasteiger partial charge in [-0.15, -0.1) is 11.8 Å². The van der Waals surface area contributed by atoms with Crippen LogP contribution in [-0.2, 0) is 4.79 Å². The monoisotopic (exact) mass is 335 g/mol. The van der Waals surface area contributed by atoms with Crippen molar-refractivity contribution < 1.29 is 35.5 Å². The minimum Gasteiger partial charge on any atom is -0.316 e. The van der Waals surface area contributed by atoms with Crippen molar-refractivity contribution in [2.24, 2.45) is 0 Å². The van der Waals surface area contributed by atoms with Crippen LogP contribution in [0.2, 0.25) is 0 Å². The van der Waals surface area contributed by atoms with Crippen LogP contribution >= 0.6 is 11.8 Å². The van der Waals surface area contributed by atoms with Crippen LogP contribution in [0.1, 0.15) is 5.56 Å². The summed E-state index contributed by atoms with van der Waals surface area (Å²) < 4.78 is 85.9. The van der Waals surface area contributed by atoms with Crippen LogP contribution in [-0.4, -0.2) is 24.0 Å². The Balaban J connectivity index is 2.98. The zero-order valence-electron chi connectivity index (χ0n) is 10.3. The lowest BCUT2D eigenvalue weighted by Gasteiger charge is -2.13. The van der Waals surface area contributed by atoms with Crippen molar-refractivity contribution in [3.63, 3.8) is 0 Å². The average molecular weight is 335 g/mol. The Morgan fingerprint density at radius 1 is 1.19 bits per heavy atom. The second kappa shape index (κ2) is 6.12. The summed E-state index contributed by atoms with van der Waals surface area (Å²) in [5, 5.41) is 1.28. The third kappa shape index (κ3) is 5.44. The number of anilines is 1. The molecule has 1 amide bonds. The van der Waals surface area contributed by atoms with Gasteiger partial charge in [0.15, 0.2) is 0 Å². The van der Waals surface area contributed by atoms with Crippen LogP contribution in [0.4, 0.5) is 36.4 Å². The highest BCUT2D eigenvalue weighted by atomic mass is 32.2. The van der Waals surface area contributed by atoms with Gasteiger partial charge in [-0.3, -0.25) is 4.79 Å². The topological polar surface area (TPSA) is 29.1 Å². The van der Waals surface area contributed by atoms with Crippen LogP contribution in [0.25, 0.3) is 0 Å². The van der Waals surface area contributed by atoms with Crippen LogP contribution in [0.3, 0.4) is 0 Å². The molecule has 1 aromatic rings. The van der Waals surface area contributed by atoms with Gasteiger partial charge < -0.3 is 5.32 Å². The van der Waals surface area contributed by atoms with Crippen molar-refractivity contribution >= 4 is 23.4 Å². The van der Waals surface area contributed by atoms with E-state index in [0.29, 0.717) is 0 Å². The molecule has 1 N–H and O–H groups in total. The molecule has 0 aromatic heterocycles. The smallest absolute Gasteiger partial charge is 0.316 e. The zero-order chi connectivity index (χ0) is 16.4. The number of halogens is 7. The summed E-state index contributed by atoms with van der Waals surface area (Å²) in [4.78, 5) is 10.6. The molecule has 0 heterocycles. The van der Waals surface area contributed by atoms with Gasteiger partial charge in [0.2, 0.25) is 0 Å². The maximum Gasteiger partial charge on any atom is 0.471 e. The van der Waals surface area contributed by atoms with E-state index < -0.39 is 35.5 Å². The molecule has 0 aliphatic heterocycles. The summed E-state index contributed by atoms with van der Waals surface area (Å²) in [5.41, 5.74) is -0.709. The lowest BCUT2D eigenvalue weighted by molar-refractivity contribution is -0.167. The van der Waals surface area contributed by atoms with Gasteiger partial charge >= 0.3 is 18.3 Å². The molecule has 0 atom stereocenters. The SMILES string of the molecule is Cc1cc(F)c(NC(=O)C(F)(F)F)cc1SCC(F)(F)F. The number of hydrogen-bond donors (Lipinski definition) is 1. The Morgan fingerprint density at radius 3 is 2.24 bits per heavy atom. The minimum absolute atomic E-state index is 0.0776. The number of rotatable bonds is 3. The van der Waals surface area contributed by atoms with Crippen molar-refractivity contribution in [2.45, 2.75) is 24.2 Å². The Kier molecular flexibility index (Phi) is 5.13.